The summed E-state index contributed by atoms with van der Waals surface area (Å²) >= 11 is 0. The zero-order valence-electron chi connectivity index (χ0n) is 14.8. The van der Waals surface area contributed by atoms with Gasteiger partial charge < -0.3 is 15.0 Å². The van der Waals surface area contributed by atoms with Gasteiger partial charge in [-0.2, -0.15) is 0 Å². The Labute approximate surface area is 138 Å². The number of hydrogen-bond donors (Lipinski definition) is 1. The lowest BCUT2D eigenvalue weighted by molar-refractivity contribution is -0.143. The van der Waals surface area contributed by atoms with Crippen LogP contribution in [0.3, 0.4) is 0 Å². The molecule has 1 rings (SSSR count). The van der Waals surface area contributed by atoms with Crippen LogP contribution in [0.1, 0.15) is 53.4 Å². The Bertz CT molecular complexity index is 421. The van der Waals surface area contributed by atoms with Gasteiger partial charge in [0.15, 0.2) is 0 Å². The van der Waals surface area contributed by atoms with Gasteiger partial charge in [-0.05, 0) is 26.2 Å². The monoisotopic (exact) mass is 326 g/mol. The summed E-state index contributed by atoms with van der Waals surface area (Å²) in [5.74, 6) is -0.0973. The van der Waals surface area contributed by atoms with E-state index < -0.39 is 0 Å². The summed E-state index contributed by atoms with van der Waals surface area (Å²) in [7, 11) is 0. The van der Waals surface area contributed by atoms with Gasteiger partial charge in [0.1, 0.15) is 0 Å². The Hall–Kier alpha value is -1.59. The van der Waals surface area contributed by atoms with Crippen LogP contribution >= 0.6 is 0 Å². The van der Waals surface area contributed by atoms with Gasteiger partial charge in [0.25, 0.3) is 0 Å². The molecule has 2 amide bonds. The Morgan fingerprint density at radius 2 is 1.78 bits per heavy atom. The van der Waals surface area contributed by atoms with Crippen LogP contribution in [0.25, 0.3) is 0 Å². The first-order chi connectivity index (χ1) is 10.8. The summed E-state index contributed by atoms with van der Waals surface area (Å²) in [5.41, 5.74) is -0.373. The number of nitrogens with zero attached hydrogens (tertiary/aromatic N) is 1. The minimum Gasteiger partial charge on any atom is -0.466 e. The van der Waals surface area contributed by atoms with Gasteiger partial charge in [0, 0.05) is 37.4 Å². The Morgan fingerprint density at radius 3 is 2.30 bits per heavy atom. The maximum absolute atomic E-state index is 12.2. The molecule has 1 heterocycles. The van der Waals surface area contributed by atoms with Crippen LogP contribution in [0, 0.1) is 11.3 Å². The van der Waals surface area contributed by atoms with Crippen LogP contribution in [0.5, 0.6) is 0 Å². The van der Waals surface area contributed by atoms with Gasteiger partial charge in [0.05, 0.1) is 6.61 Å². The normalized spacial score (nSPS) is 16.1. The maximum Gasteiger partial charge on any atom is 0.305 e. The quantitative estimate of drug-likeness (QED) is 0.596. The van der Waals surface area contributed by atoms with Crippen molar-refractivity contribution in [2.75, 3.05) is 26.2 Å². The standard InChI is InChI=1S/C17H30N2O4/c1-5-23-14(20)7-6-10-18-15(21)13-8-11-19(12-9-13)16(22)17(2,3)4/h13H,5-12H2,1-4H3,(H,18,21). The van der Waals surface area contributed by atoms with Crippen LogP contribution in [0.15, 0.2) is 0 Å². The van der Waals surface area contributed by atoms with Crippen molar-refractivity contribution in [3.63, 3.8) is 0 Å². The van der Waals surface area contributed by atoms with Gasteiger partial charge >= 0.3 is 5.97 Å². The first-order valence-corrected chi connectivity index (χ1v) is 8.48. The van der Waals surface area contributed by atoms with E-state index in [9.17, 15) is 14.4 Å². The molecular weight excluding hydrogens is 296 g/mol. The van der Waals surface area contributed by atoms with Crippen molar-refractivity contribution < 1.29 is 19.1 Å². The lowest BCUT2D eigenvalue weighted by Crippen LogP contribution is -2.46. The number of esters is 1. The number of hydrogen-bond acceptors (Lipinski definition) is 4. The molecule has 0 spiro atoms. The highest BCUT2D eigenvalue weighted by atomic mass is 16.5. The van der Waals surface area contributed by atoms with E-state index in [0.29, 0.717) is 51.9 Å². The van der Waals surface area contributed by atoms with Crippen LogP contribution in [-0.2, 0) is 19.1 Å². The minimum atomic E-state index is -0.373. The SMILES string of the molecule is CCOC(=O)CCCNC(=O)C1CCN(C(=O)C(C)(C)C)CC1. The highest BCUT2D eigenvalue weighted by Crippen LogP contribution is 2.23. The number of nitrogens with one attached hydrogen (secondary N) is 1. The van der Waals surface area contributed by atoms with E-state index in [1.165, 1.54) is 0 Å². The van der Waals surface area contributed by atoms with Crippen molar-refractivity contribution in [1.82, 2.24) is 10.2 Å². The molecule has 1 fully saturated rings. The second kappa shape index (κ2) is 8.89. The third-order valence-corrected chi connectivity index (χ3v) is 3.96. The summed E-state index contributed by atoms with van der Waals surface area (Å²) in [5, 5.41) is 2.87. The number of rotatable bonds is 6. The summed E-state index contributed by atoms with van der Waals surface area (Å²) in [6, 6.07) is 0. The van der Waals surface area contributed by atoms with E-state index in [1.807, 2.05) is 25.7 Å². The Balaban J connectivity index is 2.25. The van der Waals surface area contributed by atoms with Gasteiger partial charge in [0.2, 0.25) is 11.8 Å². The van der Waals surface area contributed by atoms with Crippen LogP contribution in [-0.4, -0.2) is 48.9 Å². The second-order valence-electron chi connectivity index (χ2n) is 7.02. The first-order valence-electron chi connectivity index (χ1n) is 8.48. The molecule has 0 bridgehead atoms. The summed E-state index contributed by atoms with van der Waals surface area (Å²) < 4.78 is 4.84. The molecular formula is C17H30N2O4. The van der Waals surface area contributed by atoms with Crippen LogP contribution < -0.4 is 5.32 Å². The number of ether oxygens (including phenoxy) is 1. The summed E-state index contributed by atoms with van der Waals surface area (Å²) in [6.07, 6.45) is 2.32. The maximum atomic E-state index is 12.2. The molecule has 1 aliphatic heterocycles. The molecule has 1 N–H and O–H groups in total. The topological polar surface area (TPSA) is 75.7 Å². The molecule has 1 saturated heterocycles. The molecule has 6 nitrogen and oxygen atoms in total. The number of piperidine rings is 1. The average molecular weight is 326 g/mol. The van der Waals surface area contributed by atoms with E-state index in [4.69, 9.17) is 4.74 Å². The summed E-state index contributed by atoms with van der Waals surface area (Å²) in [4.78, 5) is 37.4. The van der Waals surface area contributed by atoms with Crippen molar-refractivity contribution in [2.24, 2.45) is 11.3 Å². The third-order valence-electron chi connectivity index (χ3n) is 3.96. The molecule has 132 valence electrons. The lowest BCUT2D eigenvalue weighted by atomic mass is 9.90. The number of likely N-dealkylation sites (tertiary alicyclic amines) is 1. The number of amides is 2. The predicted octanol–water partition coefficient (Wildman–Crippen LogP) is 1.73. The zero-order chi connectivity index (χ0) is 17.5. The van der Waals surface area contributed by atoms with Gasteiger partial charge in [-0.25, -0.2) is 0 Å². The fraction of sp³-hybridized carbons (Fsp3) is 0.824. The molecule has 0 aromatic rings. The third kappa shape index (κ3) is 6.59. The van der Waals surface area contributed by atoms with Gasteiger partial charge in [-0.1, -0.05) is 20.8 Å². The van der Waals surface area contributed by atoms with Gasteiger partial charge in [-0.3, -0.25) is 14.4 Å². The molecule has 0 unspecified atom stereocenters. The molecule has 1 aliphatic rings. The number of carbonyl (C=O) groups is 3. The van der Waals surface area contributed by atoms with E-state index >= 15 is 0 Å². The Kier molecular flexibility index (Phi) is 7.52. The van der Waals surface area contributed by atoms with Crippen molar-refractivity contribution in [3.05, 3.63) is 0 Å². The molecule has 0 aliphatic carbocycles. The van der Waals surface area contributed by atoms with E-state index in [1.54, 1.807) is 6.92 Å². The molecule has 0 aromatic carbocycles. The smallest absolute Gasteiger partial charge is 0.305 e. The van der Waals surface area contributed by atoms with Crippen LogP contribution in [0.2, 0.25) is 0 Å². The van der Waals surface area contributed by atoms with E-state index in [-0.39, 0.29) is 29.1 Å². The fourth-order valence-electron chi connectivity index (χ4n) is 2.64. The molecule has 23 heavy (non-hydrogen) atoms. The lowest BCUT2D eigenvalue weighted by Gasteiger charge is -2.35. The molecule has 0 radical (unpaired) electrons. The van der Waals surface area contributed by atoms with Gasteiger partial charge in [-0.15, -0.1) is 0 Å². The molecule has 0 atom stereocenters. The van der Waals surface area contributed by atoms with Crippen molar-refractivity contribution in [3.8, 4) is 0 Å². The van der Waals surface area contributed by atoms with Crippen LogP contribution in [0.4, 0.5) is 0 Å². The average Bonchev–Trinajstić information content (AvgIpc) is 2.50. The molecule has 0 saturated carbocycles. The predicted molar refractivity (Wildman–Crippen MR) is 87.6 cm³/mol. The largest absolute Gasteiger partial charge is 0.466 e. The molecule has 0 aromatic heterocycles. The number of carbonyl (C=O) groups excluding carboxylic acids is 3. The summed E-state index contributed by atoms with van der Waals surface area (Å²) in [6.45, 7) is 9.66. The highest BCUT2D eigenvalue weighted by molar-refractivity contribution is 5.82. The van der Waals surface area contributed by atoms with E-state index in [0.717, 1.165) is 0 Å². The Morgan fingerprint density at radius 1 is 1.17 bits per heavy atom. The van der Waals surface area contributed by atoms with Crippen molar-refractivity contribution in [2.45, 2.75) is 53.4 Å². The second-order valence-corrected chi connectivity index (χ2v) is 7.02. The molecule has 6 heteroatoms. The minimum absolute atomic E-state index is 0.0247. The highest BCUT2D eigenvalue weighted by Gasteiger charge is 2.32. The van der Waals surface area contributed by atoms with Crippen molar-refractivity contribution in [1.29, 1.82) is 0 Å². The fourth-order valence-corrected chi connectivity index (χ4v) is 2.64. The first kappa shape index (κ1) is 19.5. The van der Waals surface area contributed by atoms with Crippen molar-refractivity contribution >= 4 is 17.8 Å². The zero-order valence-corrected chi connectivity index (χ0v) is 14.8. The van der Waals surface area contributed by atoms with E-state index in [2.05, 4.69) is 5.32 Å².